The van der Waals surface area contributed by atoms with Crippen molar-refractivity contribution in [3.05, 3.63) is 0 Å². The second-order valence-electron chi connectivity index (χ2n) is 4.25. The molecule has 4 heteroatoms. The van der Waals surface area contributed by atoms with Gasteiger partial charge >= 0.3 is 0 Å². The number of hydrogen-bond donors (Lipinski definition) is 1. The second-order valence-corrected chi connectivity index (χ2v) is 4.25. The fourth-order valence-electron chi connectivity index (χ4n) is 1.44. The third-order valence-electron chi connectivity index (χ3n) is 2.54. The van der Waals surface area contributed by atoms with E-state index >= 15 is 0 Å². The molecule has 0 amide bonds. The molecule has 1 aliphatic rings. The van der Waals surface area contributed by atoms with E-state index in [0.717, 1.165) is 13.0 Å². The Bertz CT molecular complexity index is 224. The standard InChI is InChI=1S/C12H22N2O2/c1-3-15-9-10(2)16-7-6-12(8-13)14-11-4-5-11/h10-12,14H,3-7,9H2,1-2H3. The molecule has 1 rings (SSSR count). The van der Waals surface area contributed by atoms with E-state index in [1.807, 2.05) is 13.8 Å². The average Bonchev–Trinajstić information content (AvgIpc) is 3.08. The van der Waals surface area contributed by atoms with E-state index in [-0.39, 0.29) is 12.1 Å². The van der Waals surface area contributed by atoms with Gasteiger partial charge in [-0.3, -0.25) is 5.32 Å². The van der Waals surface area contributed by atoms with E-state index in [1.165, 1.54) is 12.8 Å². The lowest BCUT2D eigenvalue weighted by Crippen LogP contribution is -2.31. The molecule has 1 N–H and O–H groups in total. The minimum absolute atomic E-state index is 0.0632. The van der Waals surface area contributed by atoms with Gasteiger partial charge in [0.1, 0.15) is 0 Å². The highest BCUT2D eigenvalue weighted by atomic mass is 16.5. The third kappa shape index (κ3) is 6.06. The third-order valence-corrected chi connectivity index (χ3v) is 2.54. The zero-order chi connectivity index (χ0) is 11.8. The van der Waals surface area contributed by atoms with Crippen LogP contribution in [0.5, 0.6) is 0 Å². The maximum atomic E-state index is 8.92. The van der Waals surface area contributed by atoms with Crippen LogP contribution in [0.15, 0.2) is 0 Å². The zero-order valence-electron chi connectivity index (χ0n) is 10.2. The molecule has 92 valence electrons. The van der Waals surface area contributed by atoms with Crippen LogP contribution in [0, 0.1) is 11.3 Å². The molecule has 2 unspecified atom stereocenters. The van der Waals surface area contributed by atoms with Gasteiger partial charge in [0.15, 0.2) is 0 Å². The summed E-state index contributed by atoms with van der Waals surface area (Å²) in [7, 11) is 0. The Morgan fingerprint density at radius 2 is 2.25 bits per heavy atom. The summed E-state index contributed by atoms with van der Waals surface area (Å²) in [6.45, 7) is 5.93. The summed E-state index contributed by atoms with van der Waals surface area (Å²) in [4.78, 5) is 0. The van der Waals surface area contributed by atoms with Gasteiger partial charge in [-0.05, 0) is 33.1 Å². The van der Waals surface area contributed by atoms with Gasteiger partial charge in [0, 0.05) is 19.3 Å². The maximum absolute atomic E-state index is 8.92. The lowest BCUT2D eigenvalue weighted by molar-refractivity contribution is -0.00518. The Morgan fingerprint density at radius 3 is 2.81 bits per heavy atom. The molecule has 1 saturated carbocycles. The summed E-state index contributed by atoms with van der Waals surface area (Å²) in [6, 6.07) is 2.78. The van der Waals surface area contributed by atoms with E-state index in [0.29, 0.717) is 19.3 Å². The van der Waals surface area contributed by atoms with Crippen LogP contribution in [-0.2, 0) is 9.47 Å². The quantitative estimate of drug-likeness (QED) is 0.646. The summed E-state index contributed by atoms with van der Waals surface area (Å²) < 4.78 is 10.8. The monoisotopic (exact) mass is 226 g/mol. The largest absolute Gasteiger partial charge is 0.379 e. The van der Waals surface area contributed by atoms with Crippen LogP contribution >= 0.6 is 0 Å². The van der Waals surface area contributed by atoms with Crippen LogP contribution in [0.2, 0.25) is 0 Å². The molecule has 0 aromatic rings. The highest BCUT2D eigenvalue weighted by Gasteiger charge is 2.24. The van der Waals surface area contributed by atoms with Gasteiger partial charge in [-0.15, -0.1) is 0 Å². The van der Waals surface area contributed by atoms with Crippen LogP contribution < -0.4 is 5.32 Å². The van der Waals surface area contributed by atoms with Crippen molar-refractivity contribution in [3.63, 3.8) is 0 Å². The van der Waals surface area contributed by atoms with Gasteiger partial charge in [-0.1, -0.05) is 0 Å². The van der Waals surface area contributed by atoms with Gasteiger partial charge in [0.05, 0.1) is 24.8 Å². The zero-order valence-corrected chi connectivity index (χ0v) is 10.2. The maximum Gasteiger partial charge on any atom is 0.0977 e. The Labute approximate surface area is 97.9 Å². The summed E-state index contributed by atoms with van der Waals surface area (Å²) in [6.07, 6.45) is 3.28. The number of hydrogen-bond acceptors (Lipinski definition) is 4. The molecule has 0 saturated heterocycles. The van der Waals surface area contributed by atoms with Crippen molar-refractivity contribution in [2.24, 2.45) is 0 Å². The van der Waals surface area contributed by atoms with Crippen LogP contribution in [0.25, 0.3) is 0 Å². The lowest BCUT2D eigenvalue weighted by Gasteiger charge is -2.15. The molecule has 0 aromatic heterocycles. The molecule has 0 heterocycles. The smallest absolute Gasteiger partial charge is 0.0977 e. The highest BCUT2D eigenvalue weighted by Crippen LogP contribution is 2.19. The summed E-state index contributed by atoms with van der Waals surface area (Å²) in [5, 5.41) is 12.2. The number of nitrogens with zero attached hydrogens (tertiary/aromatic N) is 1. The average molecular weight is 226 g/mol. The molecule has 2 atom stereocenters. The molecule has 0 radical (unpaired) electrons. The SMILES string of the molecule is CCOCC(C)OCCC(C#N)NC1CC1. The van der Waals surface area contributed by atoms with Crippen molar-refractivity contribution in [2.45, 2.75) is 51.3 Å². The number of rotatable bonds is 9. The molecule has 1 fully saturated rings. The molecule has 0 spiro atoms. The van der Waals surface area contributed by atoms with Crippen molar-refractivity contribution in [1.29, 1.82) is 5.26 Å². The lowest BCUT2D eigenvalue weighted by atomic mass is 10.2. The minimum Gasteiger partial charge on any atom is -0.379 e. The van der Waals surface area contributed by atoms with Crippen molar-refractivity contribution in [1.82, 2.24) is 5.32 Å². The molecule has 16 heavy (non-hydrogen) atoms. The molecule has 0 aliphatic heterocycles. The Kier molecular flexibility index (Phi) is 6.39. The fourth-order valence-corrected chi connectivity index (χ4v) is 1.44. The van der Waals surface area contributed by atoms with E-state index in [1.54, 1.807) is 0 Å². The number of ether oxygens (including phenoxy) is 2. The van der Waals surface area contributed by atoms with Gasteiger partial charge in [-0.25, -0.2) is 0 Å². The van der Waals surface area contributed by atoms with E-state index in [4.69, 9.17) is 14.7 Å². The van der Waals surface area contributed by atoms with E-state index in [2.05, 4.69) is 11.4 Å². The predicted octanol–water partition coefficient (Wildman–Crippen LogP) is 1.46. The van der Waals surface area contributed by atoms with Gasteiger partial charge in [0.2, 0.25) is 0 Å². The van der Waals surface area contributed by atoms with Gasteiger partial charge < -0.3 is 9.47 Å². The normalized spacial score (nSPS) is 19.1. The van der Waals surface area contributed by atoms with E-state index < -0.39 is 0 Å². The number of nitriles is 1. The van der Waals surface area contributed by atoms with Crippen molar-refractivity contribution < 1.29 is 9.47 Å². The van der Waals surface area contributed by atoms with Gasteiger partial charge in [0.25, 0.3) is 0 Å². The first-order valence-electron chi connectivity index (χ1n) is 6.11. The molecule has 1 aliphatic carbocycles. The predicted molar refractivity (Wildman–Crippen MR) is 62.1 cm³/mol. The van der Waals surface area contributed by atoms with Crippen molar-refractivity contribution >= 4 is 0 Å². The summed E-state index contributed by atoms with van der Waals surface area (Å²) in [5.74, 6) is 0. The minimum atomic E-state index is -0.0632. The highest BCUT2D eigenvalue weighted by molar-refractivity contribution is 4.95. The van der Waals surface area contributed by atoms with Crippen molar-refractivity contribution in [3.8, 4) is 6.07 Å². The summed E-state index contributed by atoms with van der Waals surface area (Å²) in [5.41, 5.74) is 0. The molecule has 4 nitrogen and oxygen atoms in total. The first-order chi connectivity index (χ1) is 7.76. The van der Waals surface area contributed by atoms with Crippen LogP contribution in [0.1, 0.15) is 33.1 Å². The molecular formula is C12H22N2O2. The second kappa shape index (κ2) is 7.61. The Morgan fingerprint density at radius 1 is 1.50 bits per heavy atom. The first kappa shape index (κ1) is 13.4. The Balaban J connectivity index is 2.01. The van der Waals surface area contributed by atoms with Crippen molar-refractivity contribution in [2.75, 3.05) is 19.8 Å². The van der Waals surface area contributed by atoms with E-state index in [9.17, 15) is 0 Å². The van der Waals surface area contributed by atoms with Crippen LogP contribution in [0.4, 0.5) is 0 Å². The van der Waals surface area contributed by atoms with Crippen LogP contribution in [0.3, 0.4) is 0 Å². The molecule has 0 aromatic carbocycles. The molecule has 0 bridgehead atoms. The molecular weight excluding hydrogens is 204 g/mol. The fraction of sp³-hybridized carbons (Fsp3) is 0.917. The van der Waals surface area contributed by atoms with Crippen LogP contribution in [-0.4, -0.2) is 38.0 Å². The topological polar surface area (TPSA) is 54.3 Å². The summed E-state index contributed by atoms with van der Waals surface area (Å²) >= 11 is 0. The first-order valence-corrected chi connectivity index (χ1v) is 6.11. The van der Waals surface area contributed by atoms with Gasteiger partial charge in [-0.2, -0.15) is 5.26 Å². The Hall–Kier alpha value is -0.630. The number of nitrogens with one attached hydrogen (secondary N) is 1.